The van der Waals surface area contributed by atoms with Gasteiger partial charge in [0, 0.05) is 12.8 Å². The van der Waals surface area contributed by atoms with Crippen molar-refractivity contribution in [2.24, 2.45) is 0 Å². The van der Waals surface area contributed by atoms with Gasteiger partial charge in [-0.25, -0.2) is 23.3 Å². The lowest BCUT2D eigenvalue weighted by molar-refractivity contribution is -0.131. The molecule has 0 spiro atoms. The molecule has 0 unspecified atom stereocenters. The van der Waals surface area contributed by atoms with Crippen molar-refractivity contribution in [3.05, 3.63) is 40.2 Å². The summed E-state index contributed by atoms with van der Waals surface area (Å²) in [5.41, 5.74) is 0.968. The molecule has 13 heteroatoms. The molecular weight excluding hydrogens is 483 g/mol. The number of amides is 1. The Kier molecular flexibility index (Phi) is 10.5. The van der Waals surface area contributed by atoms with Crippen LogP contribution in [0.2, 0.25) is 0 Å². The number of carbonyl (C=O) groups is 2. The van der Waals surface area contributed by atoms with Crippen molar-refractivity contribution >= 4 is 33.1 Å². The van der Waals surface area contributed by atoms with Crippen LogP contribution in [-0.4, -0.2) is 77.2 Å². The van der Waals surface area contributed by atoms with Gasteiger partial charge < -0.3 is 5.11 Å². The zero-order chi connectivity index (χ0) is 26.8. The van der Waals surface area contributed by atoms with E-state index >= 15 is 0 Å². The molecule has 0 saturated carbocycles. The van der Waals surface area contributed by atoms with Gasteiger partial charge in [-0.15, -0.1) is 0 Å². The molecule has 0 radical (unpaired) electrons. The SMILES string of the molecule is CN(C)CC#CC#Cc1cc2ncn(CC[C@](C)(C(=O)NO)S(C)(=O)=O)c(=O)c2cc1F.O=CO. The van der Waals surface area contributed by atoms with Crippen molar-refractivity contribution in [2.75, 3.05) is 26.9 Å². The van der Waals surface area contributed by atoms with E-state index < -0.39 is 31.9 Å². The summed E-state index contributed by atoms with van der Waals surface area (Å²) >= 11 is 0. The van der Waals surface area contributed by atoms with Crippen LogP contribution in [0.3, 0.4) is 0 Å². The number of nitrogens with one attached hydrogen (secondary N) is 1. The molecule has 0 aliphatic rings. The number of hydroxylamine groups is 1. The largest absolute Gasteiger partial charge is 0.483 e. The number of carboxylic acid groups (broad SMARTS) is 1. The summed E-state index contributed by atoms with van der Waals surface area (Å²) in [6.45, 7) is 1.19. The Morgan fingerprint density at radius 1 is 1.34 bits per heavy atom. The number of nitrogens with zero attached hydrogens (tertiary/aromatic N) is 3. The van der Waals surface area contributed by atoms with Gasteiger partial charge in [-0.2, -0.15) is 0 Å². The molecule has 2 rings (SSSR count). The molecule has 0 fully saturated rings. The Balaban J connectivity index is 0.00000194. The number of hydrogen-bond acceptors (Lipinski definition) is 8. The molecule has 35 heavy (non-hydrogen) atoms. The van der Waals surface area contributed by atoms with Gasteiger partial charge in [0.1, 0.15) is 5.82 Å². The molecule has 0 aliphatic heterocycles. The predicted molar refractivity (Wildman–Crippen MR) is 126 cm³/mol. The van der Waals surface area contributed by atoms with E-state index in [0.717, 1.165) is 23.8 Å². The van der Waals surface area contributed by atoms with Crippen LogP contribution < -0.4 is 11.0 Å². The Morgan fingerprint density at radius 3 is 2.51 bits per heavy atom. The highest BCUT2D eigenvalue weighted by molar-refractivity contribution is 7.92. The fraction of sp³-hybridized carbons (Fsp3) is 0.364. The normalized spacial score (nSPS) is 12.2. The number of hydrogen-bond donors (Lipinski definition) is 3. The number of aromatic nitrogens is 2. The van der Waals surface area contributed by atoms with E-state index in [9.17, 15) is 22.4 Å². The number of sulfone groups is 1. The van der Waals surface area contributed by atoms with E-state index in [1.54, 1.807) is 0 Å². The molecule has 1 aromatic carbocycles. The highest BCUT2D eigenvalue weighted by Crippen LogP contribution is 2.22. The Hall–Kier alpha value is -3.78. The van der Waals surface area contributed by atoms with Gasteiger partial charge in [0.25, 0.3) is 17.9 Å². The summed E-state index contributed by atoms with van der Waals surface area (Å²) in [6.07, 6.45) is 1.71. The summed E-state index contributed by atoms with van der Waals surface area (Å²) < 4.78 is 37.7. The number of fused-ring (bicyclic) bond motifs is 1. The third-order valence-electron chi connectivity index (χ3n) is 4.89. The van der Waals surface area contributed by atoms with Crippen LogP contribution in [0.25, 0.3) is 10.9 Å². The highest BCUT2D eigenvalue weighted by Gasteiger charge is 2.43. The summed E-state index contributed by atoms with van der Waals surface area (Å²) in [6, 6.07) is 2.34. The first kappa shape index (κ1) is 29.3. The second-order valence-corrected chi connectivity index (χ2v) is 10.1. The monoisotopic (exact) mass is 508 g/mol. The second-order valence-electron chi connectivity index (χ2n) is 7.68. The number of rotatable bonds is 6. The number of aryl methyl sites for hydroxylation is 1. The van der Waals surface area contributed by atoms with Gasteiger partial charge in [0.15, 0.2) is 14.6 Å². The third-order valence-corrected chi connectivity index (χ3v) is 6.91. The average molecular weight is 509 g/mol. The molecule has 1 atom stereocenters. The smallest absolute Gasteiger partial charge is 0.290 e. The second kappa shape index (κ2) is 12.6. The van der Waals surface area contributed by atoms with Crippen LogP contribution in [0.1, 0.15) is 18.9 Å². The minimum Gasteiger partial charge on any atom is -0.483 e. The van der Waals surface area contributed by atoms with Gasteiger partial charge in [-0.3, -0.25) is 29.1 Å². The molecular formula is C22H25FN4O7S. The zero-order valence-corrected chi connectivity index (χ0v) is 20.3. The Morgan fingerprint density at radius 2 is 1.97 bits per heavy atom. The topological polar surface area (TPSA) is 159 Å². The first-order valence-corrected chi connectivity index (χ1v) is 11.8. The summed E-state index contributed by atoms with van der Waals surface area (Å²) in [5, 5.41) is 15.8. The average Bonchev–Trinajstić information content (AvgIpc) is 2.78. The van der Waals surface area contributed by atoms with Crippen molar-refractivity contribution in [1.82, 2.24) is 19.9 Å². The van der Waals surface area contributed by atoms with Crippen LogP contribution in [0, 0.1) is 29.5 Å². The van der Waals surface area contributed by atoms with Gasteiger partial charge in [0.05, 0.1) is 29.3 Å². The maximum absolute atomic E-state index is 14.5. The zero-order valence-electron chi connectivity index (χ0n) is 19.5. The minimum atomic E-state index is -3.93. The summed E-state index contributed by atoms with van der Waals surface area (Å²) in [5.74, 6) is 8.71. The standard InChI is InChI=1S/C21H23FN4O5S.CH2O2/c1-21(20(28)24-29,32(4,30)31)9-11-26-14-23-18-12-15(8-6-5-7-10-25(2)3)17(22)13-16(18)19(26)27;2-1-3/h12-14,29H,9-11H2,1-4H3,(H,24,28);1H,(H,2,3)/t21-;/m1./s1. The molecule has 1 heterocycles. The van der Waals surface area contributed by atoms with Crippen molar-refractivity contribution < 1.29 is 32.7 Å². The first-order chi connectivity index (χ1) is 16.3. The third kappa shape index (κ3) is 7.61. The van der Waals surface area contributed by atoms with E-state index in [4.69, 9.17) is 15.1 Å². The minimum absolute atomic E-state index is 0.0260. The van der Waals surface area contributed by atoms with Crippen LogP contribution in [-0.2, 0) is 26.0 Å². The predicted octanol–water partition coefficient (Wildman–Crippen LogP) is -0.148. The van der Waals surface area contributed by atoms with E-state index in [0.29, 0.717) is 6.54 Å². The van der Waals surface area contributed by atoms with E-state index in [-0.39, 0.29) is 35.9 Å². The van der Waals surface area contributed by atoms with Crippen LogP contribution in [0.15, 0.2) is 23.3 Å². The van der Waals surface area contributed by atoms with Gasteiger partial charge >= 0.3 is 0 Å². The maximum Gasteiger partial charge on any atom is 0.290 e. The molecule has 0 aliphatic carbocycles. The van der Waals surface area contributed by atoms with Gasteiger partial charge in [-0.05, 0) is 57.3 Å². The summed E-state index contributed by atoms with van der Waals surface area (Å²) in [4.78, 5) is 39.0. The lowest BCUT2D eigenvalue weighted by atomic mass is 10.1. The maximum atomic E-state index is 14.5. The molecule has 2 aromatic rings. The van der Waals surface area contributed by atoms with Gasteiger partial charge in [0.2, 0.25) is 0 Å². The van der Waals surface area contributed by atoms with E-state index in [1.807, 2.05) is 19.0 Å². The molecule has 11 nitrogen and oxygen atoms in total. The summed E-state index contributed by atoms with van der Waals surface area (Å²) in [7, 11) is -0.221. The lowest BCUT2D eigenvalue weighted by Gasteiger charge is -2.25. The fourth-order valence-electron chi connectivity index (χ4n) is 2.69. The van der Waals surface area contributed by atoms with Crippen LogP contribution in [0.5, 0.6) is 0 Å². The molecule has 3 N–H and O–H groups in total. The Labute approximate surface area is 201 Å². The quantitative estimate of drug-likeness (QED) is 0.209. The molecule has 1 aromatic heterocycles. The van der Waals surface area contributed by atoms with E-state index in [1.165, 1.54) is 17.9 Å². The molecule has 0 saturated heterocycles. The molecule has 0 bridgehead atoms. The number of benzene rings is 1. The van der Waals surface area contributed by atoms with Crippen molar-refractivity contribution in [3.63, 3.8) is 0 Å². The van der Waals surface area contributed by atoms with Gasteiger partial charge in [-0.1, -0.05) is 5.92 Å². The number of halogens is 1. The van der Waals surface area contributed by atoms with Crippen LogP contribution >= 0.6 is 0 Å². The van der Waals surface area contributed by atoms with E-state index in [2.05, 4.69) is 28.7 Å². The lowest BCUT2D eigenvalue weighted by Crippen LogP contribution is -2.50. The van der Waals surface area contributed by atoms with Crippen LogP contribution in [0.4, 0.5) is 4.39 Å². The fourth-order valence-corrected chi connectivity index (χ4v) is 3.54. The highest BCUT2D eigenvalue weighted by atomic mass is 32.2. The first-order valence-electron chi connectivity index (χ1n) is 9.86. The van der Waals surface area contributed by atoms with Crippen molar-refractivity contribution in [3.8, 4) is 23.7 Å². The van der Waals surface area contributed by atoms with Crippen molar-refractivity contribution in [1.29, 1.82) is 0 Å². The Bertz CT molecular complexity index is 1380. The van der Waals surface area contributed by atoms with Crippen molar-refractivity contribution in [2.45, 2.75) is 24.6 Å². The molecule has 1 amide bonds. The molecule has 188 valence electrons. The number of carbonyl (C=O) groups excluding carboxylic acids is 1.